The third-order valence-electron chi connectivity index (χ3n) is 7.90. The fourth-order valence-corrected chi connectivity index (χ4v) is 6.88. The first-order valence-corrected chi connectivity index (χ1v) is 15.0. The van der Waals surface area contributed by atoms with Gasteiger partial charge in [-0.15, -0.1) is 10.2 Å². The lowest BCUT2D eigenvalue weighted by atomic mass is 9.95. The van der Waals surface area contributed by atoms with Crippen LogP contribution in [0.2, 0.25) is 0 Å². The van der Waals surface area contributed by atoms with Gasteiger partial charge in [-0.25, -0.2) is 0 Å². The number of aromatic nitrogens is 3. The zero-order valence-electron chi connectivity index (χ0n) is 22.4. The molecule has 6 rings (SSSR count). The molecule has 5 aromatic rings. The predicted molar refractivity (Wildman–Crippen MR) is 162 cm³/mol. The van der Waals surface area contributed by atoms with Gasteiger partial charge in [0.1, 0.15) is 5.82 Å². The second-order valence-electron chi connectivity index (χ2n) is 10.3. The van der Waals surface area contributed by atoms with Crippen LogP contribution < -0.4 is 4.90 Å². The van der Waals surface area contributed by atoms with Crippen LogP contribution in [0.25, 0.3) is 21.5 Å². The Hall–Kier alpha value is -3.64. The van der Waals surface area contributed by atoms with E-state index in [4.69, 9.17) is 5.10 Å². The molecule has 1 heterocycles. The summed E-state index contributed by atoms with van der Waals surface area (Å²) in [6.45, 7) is 2.66. The van der Waals surface area contributed by atoms with Gasteiger partial charge in [0.2, 0.25) is 5.91 Å². The third kappa shape index (κ3) is 5.30. The summed E-state index contributed by atoms with van der Waals surface area (Å²) in [7, 11) is 0. The SMILES string of the molecule is CCN(C(=O)CSc1nnc(Cc2cccc3ccccc23)n1C1CCCCC1)c1cccc2ccccc12. The Morgan fingerprint density at radius 3 is 2.28 bits per heavy atom. The lowest BCUT2D eigenvalue weighted by molar-refractivity contribution is -0.116. The predicted octanol–water partition coefficient (Wildman–Crippen LogP) is 7.83. The van der Waals surface area contributed by atoms with E-state index in [2.05, 4.69) is 70.3 Å². The van der Waals surface area contributed by atoms with Crippen molar-refractivity contribution >= 4 is 44.9 Å². The Labute approximate surface area is 234 Å². The highest BCUT2D eigenvalue weighted by molar-refractivity contribution is 7.99. The smallest absolute Gasteiger partial charge is 0.237 e. The lowest BCUT2D eigenvalue weighted by Crippen LogP contribution is -2.32. The van der Waals surface area contributed by atoms with Crippen molar-refractivity contribution in [3.8, 4) is 0 Å². The maximum absolute atomic E-state index is 13.6. The van der Waals surface area contributed by atoms with E-state index in [1.165, 1.54) is 47.4 Å². The molecule has 0 N–H and O–H groups in total. The summed E-state index contributed by atoms with van der Waals surface area (Å²) in [4.78, 5) is 15.5. The molecule has 39 heavy (non-hydrogen) atoms. The summed E-state index contributed by atoms with van der Waals surface area (Å²) in [5.74, 6) is 1.41. The molecular formula is C33H34N4OS. The molecule has 0 unspecified atom stereocenters. The minimum atomic E-state index is 0.0904. The number of hydrogen-bond donors (Lipinski definition) is 0. The van der Waals surface area contributed by atoms with E-state index < -0.39 is 0 Å². The molecule has 1 saturated carbocycles. The molecule has 0 bridgehead atoms. The summed E-state index contributed by atoms with van der Waals surface area (Å²) < 4.78 is 2.35. The Balaban J connectivity index is 1.27. The molecule has 1 aliphatic carbocycles. The molecule has 1 aliphatic rings. The Morgan fingerprint density at radius 1 is 0.846 bits per heavy atom. The molecule has 1 fully saturated rings. The van der Waals surface area contributed by atoms with E-state index in [9.17, 15) is 4.79 Å². The van der Waals surface area contributed by atoms with Crippen molar-refractivity contribution in [3.63, 3.8) is 0 Å². The molecule has 0 atom stereocenters. The lowest BCUT2D eigenvalue weighted by Gasteiger charge is -2.26. The first-order chi connectivity index (χ1) is 19.2. The first kappa shape index (κ1) is 25.6. The minimum Gasteiger partial charge on any atom is -0.311 e. The number of benzene rings is 4. The zero-order chi connectivity index (χ0) is 26.6. The number of thioether (sulfide) groups is 1. The molecule has 0 aliphatic heterocycles. The minimum absolute atomic E-state index is 0.0904. The summed E-state index contributed by atoms with van der Waals surface area (Å²) >= 11 is 1.53. The molecule has 1 amide bonds. The zero-order valence-corrected chi connectivity index (χ0v) is 23.2. The van der Waals surface area contributed by atoms with Crippen molar-refractivity contribution in [1.29, 1.82) is 0 Å². The number of nitrogens with zero attached hydrogens (tertiary/aromatic N) is 4. The summed E-state index contributed by atoms with van der Waals surface area (Å²) in [6.07, 6.45) is 6.75. The van der Waals surface area contributed by atoms with Crippen LogP contribution >= 0.6 is 11.8 Å². The van der Waals surface area contributed by atoms with Crippen LogP contribution in [0.5, 0.6) is 0 Å². The topological polar surface area (TPSA) is 51.0 Å². The van der Waals surface area contributed by atoms with Gasteiger partial charge >= 0.3 is 0 Å². The fraction of sp³-hybridized carbons (Fsp3) is 0.303. The fourth-order valence-electron chi connectivity index (χ4n) is 5.98. The normalized spacial score (nSPS) is 14.2. The first-order valence-electron chi connectivity index (χ1n) is 14.0. The maximum atomic E-state index is 13.6. The van der Waals surface area contributed by atoms with Gasteiger partial charge in [0.15, 0.2) is 5.16 Å². The number of carbonyl (C=O) groups excluding carboxylic acids is 1. The number of fused-ring (bicyclic) bond motifs is 2. The maximum Gasteiger partial charge on any atom is 0.237 e. The number of hydrogen-bond acceptors (Lipinski definition) is 4. The van der Waals surface area contributed by atoms with Crippen LogP contribution in [-0.2, 0) is 11.2 Å². The number of carbonyl (C=O) groups is 1. The largest absolute Gasteiger partial charge is 0.311 e. The van der Waals surface area contributed by atoms with Gasteiger partial charge in [0, 0.05) is 24.4 Å². The van der Waals surface area contributed by atoms with Gasteiger partial charge in [0.05, 0.1) is 11.4 Å². The molecule has 0 spiro atoms. The number of anilines is 1. The summed E-state index contributed by atoms with van der Waals surface area (Å²) in [6, 6.07) is 29.8. The van der Waals surface area contributed by atoms with E-state index in [1.807, 2.05) is 36.1 Å². The quantitative estimate of drug-likeness (QED) is 0.190. The van der Waals surface area contributed by atoms with Crippen molar-refractivity contribution in [1.82, 2.24) is 14.8 Å². The van der Waals surface area contributed by atoms with E-state index in [0.717, 1.165) is 46.7 Å². The third-order valence-corrected chi connectivity index (χ3v) is 8.83. The van der Waals surface area contributed by atoms with Crippen LogP contribution in [-0.4, -0.2) is 33.0 Å². The van der Waals surface area contributed by atoms with Gasteiger partial charge in [-0.2, -0.15) is 0 Å². The molecular weight excluding hydrogens is 500 g/mol. The van der Waals surface area contributed by atoms with Gasteiger partial charge < -0.3 is 9.47 Å². The van der Waals surface area contributed by atoms with Crippen molar-refractivity contribution in [2.75, 3.05) is 17.2 Å². The van der Waals surface area contributed by atoms with E-state index in [-0.39, 0.29) is 5.91 Å². The summed E-state index contributed by atoms with van der Waals surface area (Å²) in [5, 5.41) is 15.0. The van der Waals surface area contributed by atoms with Crippen molar-refractivity contribution < 1.29 is 4.79 Å². The van der Waals surface area contributed by atoms with Crippen LogP contribution in [0.4, 0.5) is 5.69 Å². The van der Waals surface area contributed by atoms with Crippen molar-refractivity contribution in [2.45, 2.75) is 56.6 Å². The second kappa shape index (κ2) is 11.6. The van der Waals surface area contributed by atoms with Gasteiger partial charge in [-0.1, -0.05) is 110 Å². The van der Waals surface area contributed by atoms with Crippen LogP contribution in [0.15, 0.2) is 90.1 Å². The highest BCUT2D eigenvalue weighted by Gasteiger charge is 2.25. The van der Waals surface area contributed by atoms with Gasteiger partial charge in [0.25, 0.3) is 0 Å². The monoisotopic (exact) mass is 534 g/mol. The van der Waals surface area contributed by atoms with E-state index >= 15 is 0 Å². The second-order valence-corrected chi connectivity index (χ2v) is 11.2. The molecule has 198 valence electrons. The summed E-state index contributed by atoms with van der Waals surface area (Å²) in [5.41, 5.74) is 2.23. The highest BCUT2D eigenvalue weighted by atomic mass is 32.2. The van der Waals surface area contributed by atoms with Gasteiger partial charge in [-0.05, 0) is 47.6 Å². The molecule has 4 aromatic carbocycles. The van der Waals surface area contributed by atoms with E-state index in [0.29, 0.717) is 18.3 Å². The number of rotatable bonds is 8. The standard InChI is InChI=1S/C33H34N4OS/c1-2-36(30-21-11-15-25-13-7-9-20-29(25)30)32(38)23-39-33-35-34-31(37(33)27-17-4-3-5-18-27)22-26-16-10-14-24-12-6-8-19-28(24)26/h6-16,19-21,27H,2-5,17-18,22-23H2,1H3. The van der Waals surface area contributed by atoms with Crippen LogP contribution in [0.3, 0.4) is 0 Å². The van der Waals surface area contributed by atoms with Crippen LogP contribution in [0.1, 0.15) is 56.5 Å². The van der Waals surface area contributed by atoms with Crippen molar-refractivity contribution in [2.24, 2.45) is 0 Å². The average Bonchev–Trinajstić information content (AvgIpc) is 3.39. The van der Waals surface area contributed by atoms with Crippen LogP contribution in [0, 0.1) is 0 Å². The number of amides is 1. The molecule has 0 radical (unpaired) electrons. The molecule has 5 nitrogen and oxygen atoms in total. The average molecular weight is 535 g/mol. The molecule has 1 aromatic heterocycles. The highest BCUT2D eigenvalue weighted by Crippen LogP contribution is 2.34. The Bertz CT molecular complexity index is 1590. The Morgan fingerprint density at radius 2 is 1.51 bits per heavy atom. The Kier molecular flexibility index (Phi) is 7.64. The molecule has 0 saturated heterocycles. The van der Waals surface area contributed by atoms with Crippen molar-refractivity contribution in [3.05, 3.63) is 96.3 Å². The molecule has 6 heteroatoms. The van der Waals surface area contributed by atoms with Gasteiger partial charge in [-0.3, -0.25) is 4.79 Å². The van der Waals surface area contributed by atoms with E-state index in [1.54, 1.807) is 0 Å².